The molecule has 1 nitrogen and oxygen atoms in total. The Morgan fingerprint density at radius 3 is 2.38 bits per heavy atom. The molecule has 2 heteroatoms. The summed E-state index contributed by atoms with van der Waals surface area (Å²) in [5, 5.41) is 0. The topological polar surface area (TPSA) is 3.24 Å². The molecule has 0 bridgehead atoms. The van der Waals surface area contributed by atoms with Gasteiger partial charge in [0.15, 0.2) is 0 Å². The molecule has 0 saturated carbocycles. The Kier molecular flexibility index (Phi) is 6.31. The number of halogens is 1. The molecule has 1 heterocycles. The highest BCUT2D eigenvalue weighted by atomic mass is 19.1. The predicted octanol–water partition coefficient (Wildman–Crippen LogP) is 3.25. The maximum absolute atomic E-state index is 13.7. The number of hydrogen-bond acceptors (Lipinski definition) is 1. The van der Waals surface area contributed by atoms with Crippen molar-refractivity contribution in [3.63, 3.8) is 0 Å². The summed E-state index contributed by atoms with van der Waals surface area (Å²) in [6, 6.07) is 0. The summed E-state index contributed by atoms with van der Waals surface area (Å²) in [5.41, 5.74) is -0.881. The van der Waals surface area contributed by atoms with Crippen molar-refractivity contribution in [2.45, 2.75) is 52.6 Å². The van der Waals surface area contributed by atoms with Crippen molar-refractivity contribution >= 4 is 0 Å². The molecule has 1 fully saturated rings. The Bertz CT molecular complexity index is 127. The van der Waals surface area contributed by atoms with E-state index in [9.17, 15) is 4.39 Å². The van der Waals surface area contributed by atoms with Crippen molar-refractivity contribution in [1.29, 1.82) is 0 Å². The fourth-order valence-corrected chi connectivity index (χ4v) is 1.74. The highest BCUT2D eigenvalue weighted by Crippen LogP contribution is 2.27. The van der Waals surface area contributed by atoms with E-state index in [1.165, 1.54) is 0 Å². The second-order valence-corrected chi connectivity index (χ2v) is 3.48. The largest absolute Gasteiger partial charge is 0.300 e. The molecule has 0 N–H and O–H groups in total. The van der Waals surface area contributed by atoms with E-state index in [4.69, 9.17) is 0 Å². The first-order chi connectivity index (χ1) is 6.20. The third-order valence-electron chi connectivity index (χ3n) is 2.69. The summed E-state index contributed by atoms with van der Waals surface area (Å²) in [7, 11) is 0. The lowest BCUT2D eigenvalue weighted by atomic mass is 9.92. The molecular weight excluding hydrogens is 165 g/mol. The highest BCUT2D eigenvalue weighted by molar-refractivity contribution is 4.85. The number of likely N-dealkylation sites (tertiary alicyclic amines) is 1. The third kappa shape index (κ3) is 4.08. The van der Waals surface area contributed by atoms with Crippen molar-refractivity contribution in [2.75, 3.05) is 19.6 Å². The van der Waals surface area contributed by atoms with Gasteiger partial charge in [-0.2, -0.15) is 0 Å². The fraction of sp³-hybridized carbons (Fsp3) is 1.00. The Labute approximate surface area is 82.3 Å². The number of nitrogens with zero attached hydrogens (tertiary/aromatic N) is 1. The first-order valence-corrected chi connectivity index (χ1v) is 5.61. The molecule has 1 atom stereocenters. The van der Waals surface area contributed by atoms with Crippen molar-refractivity contribution < 1.29 is 4.39 Å². The standard InChI is InChI=1S/C9H18FN.C2H6/c1-3-9(10)6-5-7-11(4-2)8-9;1-2/h3-8H2,1-2H3;1-2H3. The average molecular weight is 189 g/mol. The van der Waals surface area contributed by atoms with E-state index in [2.05, 4.69) is 11.8 Å². The predicted molar refractivity (Wildman–Crippen MR) is 56.8 cm³/mol. The lowest BCUT2D eigenvalue weighted by molar-refractivity contribution is 0.0448. The number of piperidine rings is 1. The molecule has 1 saturated heterocycles. The van der Waals surface area contributed by atoms with Gasteiger partial charge in [-0.1, -0.05) is 27.7 Å². The van der Waals surface area contributed by atoms with Crippen LogP contribution >= 0.6 is 0 Å². The van der Waals surface area contributed by atoms with Crippen LogP contribution < -0.4 is 0 Å². The Morgan fingerprint density at radius 2 is 1.92 bits per heavy atom. The van der Waals surface area contributed by atoms with Gasteiger partial charge in [0.2, 0.25) is 0 Å². The van der Waals surface area contributed by atoms with Gasteiger partial charge in [-0.15, -0.1) is 0 Å². The minimum atomic E-state index is -0.881. The maximum Gasteiger partial charge on any atom is 0.123 e. The number of hydrogen-bond donors (Lipinski definition) is 0. The first-order valence-electron chi connectivity index (χ1n) is 5.61. The summed E-state index contributed by atoms with van der Waals surface area (Å²) in [6.07, 6.45) is 2.46. The van der Waals surface area contributed by atoms with Crippen LogP contribution in [0.4, 0.5) is 4.39 Å². The molecule has 1 aliphatic heterocycles. The van der Waals surface area contributed by atoms with Crippen LogP contribution in [0.15, 0.2) is 0 Å². The monoisotopic (exact) mass is 189 g/mol. The fourth-order valence-electron chi connectivity index (χ4n) is 1.74. The second-order valence-electron chi connectivity index (χ2n) is 3.48. The normalized spacial score (nSPS) is 29.3. The van der Waals surface area contributed by atoms with Gasteiger partial charge in [-0.3, -0.25) is 0 Å². The molecule has 0 aliphatic carbocycles. The molecule has 0 amide bonds. The summed E-state index contributed by atoms with van der Waals surface area (Å²) in [6.45, 7) is 10.8. The van der Waals surface area contributed by atoms with Gasteiger partial charge in [0.1, 0.15) is 5.67 Å². The van der Waals surface area contributed by atoms with Crippen LogP contribution in [0, 0.1) is 0 Å². The van der Waals surface area contributed by atoms with Crippen LogP contribution in [0.2, 0.25) is 0 Å². The van der Waals surface area contributed by atoms with Crippen LogP contribution in [0.25, 0.3) is 0 Å². The molecule has 0 radical (unpaired) electrons. The van der Waals surface area contributed by atoms with Gasteiger partial charge in [0.25, 0.3) is 0 Å². The highest BCUT2D eigenvalue weighted by Gasteiger charge is 2.32. The average Bonchev–Trinajstić information content (AvgIpc) is 2.21. The van der Waals surface area contributed by atoms with E-state index in [-0.39, 0.29) is 0 Å². The van der Waals surface area contributed by atoms with E-state index in [1.807, 2.05) is 20.8 Å². The van der Waals surface area contributed by atoms with Crippen LogP contribution in [-0.4, -0.2) is 30.2 Å². The van der Waals surface area contributed by atoms with E-state index < -0.39 is 5.67 Å². The molecule has 13 heavy (non-hydrogen) atoms. The summed E-state index contributed by atoms with van der Waals surface area (Å²) >= 11 is 0. The third-order valence-corrected chi connectivity index (χ3v) is 2.69. The van der Waals surface area contributed by atoms with Gasteiger partial charge >= 0.3 is 0 Å². The molecule has 1 rings (SSSR count). The maximum atomic E-state index is 13.7. The van der Waals surface area contributed by atoms with Gasteiger partial charge in [0.05, 0.1) is 0 Å². The van der Waals surface area contributed by atoms with Crippen LogP contribution in [0.5, 0.6) is 0 Å². The van der Waals surface area contributed by atoms with Gasteiger partial charge in [-0.05, 0) is 32.4 Å². The number of alkyl halides is 1. The second kappa shape index (κ2) is 6.36. The van der Waals surface area contributed by atoms with E-state index >= 15 is 0 Å². The lowest BCUT2D eigenvalue weighted by Crippen LogP contribution is -2.44. The molecule has 0 aromatic rings. The molecule has 1 unspecified atom stereocenters. The van der Waals surface area contributed by atoms with E-state index in [0.29, 0.717) is 13.0 Å². The minimum Gasteiger partial charge on any atom is -0.300 e. The molecular formula is C11H24FN. The Hall–Kier alpha value is -0.110. The Morgan fingerprint density at radius 1 is 1.31 bits per heavy atom. The number of rotatable bonds is 2. The smallest absolute Gasteiger partial charge is 0.123 e. The first kappa shape index (κ1) is 12.9. The van der Waals surface area contributed by atoms with Crippen molar-refractivity contribution in [3.05, 3.63) is 0 Å². The van der Waals surface area contributed by atoms with Crippen molar-refractivity contribution in [3.8, 4) is 0 Å². The summed E-state index contributed by atoms with van der Waals surface area (Å²) in [4.78, 5) is 2.20. The van der Waals surface area contributed by atoms with E-state index in [0.717, 1.165) is 25.9 Å². The Balaban J connectivity index is 0.000000671. The molecule has 0 spiro atoms. The van der Waals surface area contributed by atoms with Gasteiger partial charge < -0.3 is 4.90 Å². The molecule has 0 aromatic carbocycles. The van der Waals surface area contributed by atoms with Gasteiger partial charge in [0, 0.05) is 6.54 Å². The quantitative estimate of drug-likeness (QED) is 0.644. The van der Waals surface area contributed by atoms with E-state index in [1.54, 1.807) is 0 Å². The van der Waals surface area contributed by atoms with Crippen molar-refractivity contribution in [2.24, 2.45) is 0 Å². The summed E-state index contributed by atoms with van der Waals surface area (Å²) in [5.74, 6) is 0. The zero-order valence-electron chi connectivity index (χ0n) is 9.57. The lowest BCUT2D eigenvalue weighted by Gasteiger charge is -2.36. The SMILES string of the molecule is CC.CCN1CCCC(F)(CC)C1. The van der Waals surface area contributed by atoms with Gasteiger partial charge in [-0.25, -0.2) is 4.39 Å². The molecule has 80 valence electrons. The van der Waals surface area contributed by atoms with Crippen molar-refractivity contribution in [1.82, 2.24) is 4.90 Å². The minimum absolute atomic E-state index is 0.653. The van der Waals surface area contributed by atoms with Crippen LogP contribution in [0.3, 0.4) is 0 Å². The molecule has 0 aromatic heterocycles. The zero-order chi connectivity index (χ0) is 10.3. The van der Waals surface area contributed by atoms with Crippen LogP contribution in [0.1, 0.15) is 47.0 Å². The van der Waals surface area contributed by atoms with Crippen LogP contribution in [-0.2, 0) is 0 Å². The summed E-state index contributed by atoms with van der Waals surface area (Å²) < 4.78 is 13.7. The molecule has 1 aliphatic rings. The zero-order valence-corrected chi connectivity index (χ0v) is 9.57.